The lowest BCUT2D eigenvalue weighted by molar-refractivity contribution is -0.383. The molecule has 4 fully saturated rings. The third-order valence-electron chi connectivity index (χ3n) is 5.92. The lowest BCUT2D eigenvalue weighted by Gasteiger charge is -2.57. The summed E-state index contributed by atoms with van der Waals surface area (Å²) >= 11 is 0. The van der Waals surface area contributed by atoms with E-state index in [1.807, 2.05) is 20.8 Å². The quantitative estimate of drug-likeness (QED) is 0.633. The molecular formula is C18H27N5O2. The van der Waals surface area contributed by atoms with E-state index in [-0.39, 0.29) is 21.7 Å². The molecule has 4 aliphatic carbocycles. The van der Waals surface area contributed by atoms with Gasteiger partial charge in [-0.1, -0.05) is 0 Å². The van der Waals surface area contributed by atoms with Gasteiger partial charge in [-0.15, -0.1) is 0 Å². The zero-order valence-electron chi connectivity index (χ0n) is 15.2. The monoisotopic (exact) mass is 345 g/mol. The van der Waals surface area contributed by atoms with Crippen LogP contribution in [0, 0.1) is 27.9 Å². The van der Waals surface area contributed by atoms with E-state index in [0.29, 0.717) is 11.6 Å². The van der Waals surface area contributed by atoms with Crippen molar-refractivity contribution in [3.63, 3.8) is 0 Å². The highest BCUT2D eigenvalue weighted by Crippen LogP contribution is 2.57. The molecule has 1 aromatic heterocycles. The second-order valence-corrected chi connectivity index (χ2v) is 9.37. The third kappa shape index (κ3) is 3.16. The molecular weight excluding hydrogens is 318 g/mol. The summed E-state index contributed by atoms with van der Waals surface area (Å²) < 4.78 is 0. The van der Waals surface area contributed by atoms with Crippen LogP contribution in [0.2, 0.25) is 0 Å². The summed E-state index contributed by atoms with van der Waals surface area (Å²) in [5.41, 5.74) is -0.364. The summed E-state index contributed by atoms with van der Waals surface area (Å²) in [5, 5.41) is 18.4. The SMILES string of the molecule is CC(C)(C)Nc1ncnc(NC23CC4CC(CC(C4)C2)C3)c1[N+](=O)[O-]. The number of nitro groups is 1. The van der Waals surface area contributed by atoms with Crippen molar-refractivity contribution in [2.45, 2.75) is 70.4 Å². The lowest BCUT2D eigenvalue weighted by Crippen LogP contribution is -2.55. The molecule has 0 amide bonds. The molecule has 0 spiro atoms. The fourth-order valence-electron chi connectivity index (χ4n) is 5.60. The predicted octanol–water partition coefficient (Wildman–Crippen LogP) is 3.98. The molecule has 0 unspecified atom stereocenters. The zero-order valence-corrected chi connectivity index (χ0v) is 15.2. The van der Waals surface area contributed by atoms with Gasteiger partial charge in [0, 0.05) is 11.1 Å². The van der Waals surface area contributed by atoms with Crippen molar-refractivity contribution >= 4 is 17.3 Å². The molecule has 0 aliphatic heterocycles. The lowest BCUT2D eigenvalue weighted by atomic mass is 9.53. The van der Waals surface area contributed by atoms with Crippen LogP contribution in [0.5, 0.6) is 0 Å². The third-order valence-corrected chi connectivity index (χ3v) is 5.92. The minimum Gasteiger partial charge on any atom is -0.360 e. The van der Waals surface area contributed by atoms with Crippen LogP contribution < -0.4 is 10.6 Å². The highest BCUT2D eigenvalue weighted by atomic mass is 16.6. The minimum absolute atomic E-state index is 0.0210. The first-order valence-corrected chi connectivity index (χ1v) is 9.29. The van der Waals surface area contributed by atoms with Crippen LogP contribution in [0.1, 0.15) is 59.3 Å². The van der Waals surface area contributed by atoms with Gasteiger partial charge in [0.15, 0.2) is 0 Å². The fraction of sp³-hybridized carbons (Fsp3) is 0.778. The Morgan fingerprint density at radius 3 is 2.08 bits per heavy atom. The molecule has 0 radical (unpaired) electrons. The maximum absolute atomic E-state index is 11.8. The molecule has 4 bridgehead atoms. The van der Waals surface area contributed by atoms with Gasteiger partial charge in [0.1, 0.15) is 6.33 Å². The number of hydrogen-bond acceptors (Lipinski definition) is 6. The standard InChI is InChI=1S/C18H27N5O2/c1-17(2,3)21-15-14(23(24)25)16(20-10-19-15)22-18-7-11-4-12(8-18)6-13(5-11)9-18/h10-13H,4-9H2,1-3H3,(H2,19,20,21,22). The highest BCUT2D eigenvalue weighted by molar-refractivity contribution is 5.70. The summed E-state index contributed by atoms with van der Waals surface area (Å²) in [6.07, 6.45) is 8.77. The largest absolute Gasteiger partial charge is 0.360 e. The normalized spacial score (nSPS) is 33.3. The fourth-order valence-corrected chi connectivity index (χ4v) is 5.60. The molecule has 0 atom stereocenters. The second kappa shape index (κ2) is 5.54. The Kier molecular flexibility index (Phi) is 3.67. The Labute approximate surface area is 148 Å². The molecule has 0 aromatic carbocycles. The molecule has 5 rings (SSSR count). The summed E-state index contributed by atoms with van der Waals surface area (Å²) in [5.74, 6) is 2.97. The average Bonchev–Trinajstić information content (AvgIpc) is 2.43. The van der Waals surface area contributed by atoms with Crippen molar-refractivity contribution in [1.82, 2.24) is 9.97 Å². The molecule has 25 heavy (non-hydrogen) atoms. The Morgan fingerprint density at radius 1 is 1.08 bits per heavy atom. The molecule has 4 aliphatic rings. The maximum Gasteiger partial charge on any atom is 0.353 e. The minimum atomic E-state index is -0.364. The summed E-state index contributed by atoms with van der Waals surface area (Å²) in [7, 11) is 0. The zero-order chi connectivity index (χ0) is 17.8. The average molecular weight is 345 g/mol. The van der Waals surface area contributed by atoms with Gasteiger partial charge in [-0.05, 0) is 77.0 Å². The number of hydrogen-bond donors (Lipinski definition) is 2. The number of anilines is 2. The first-order chi connectivity index (χ1) is 11.7. The predicted molar refractivity (Wildman–Crippen MR) is 96.6 cm³/mol. The molecule has 0 saturated heterocycles. The van der Waals surface area contributed by atoms with Crippen molar-refractivity contribution in [2.24, 2.45) is 17.8 Å². The van der Waals surface area contributed by atoms with Crippen LogP contribution in [0.4, 0.5) is 17.3 Å². The van der Waals surface area contributed by atoms with E-state index in [1.165, 1.54) is 25.6 Å². The van der Waals surface area contributed by atoms with Crippen LogP contribution in [0.3, 0.4) is 0 Å². The van der Waals surface area contributed by atoms with Crippen LogP contribution in [-0.2, 0) is 0 Å². The molecule has 4 saturated carbocycles. The summed E-state index contributed by atoms with van der Waals surface area (Å²) in [6.45, 7) is 5.89. The van der Waals surface area contributed by atoms with Crippen LogP contribution in [0.15, 0.2) is 6.33 Å². The first kappa shape index (κ1) is 16.5. The van der Waals surface area contributed by atoms with E-state index in [0.717, 1.165) is 37.0 Å². The molecule has 7 nitrogen and oxygen atoms in total. The number of aromatic nitrogens is 2. The summed E-state index contributed by atoms with van der Waals surface area (Å²) in [4.78, 5) is 19.8. The highest BCUT2D eigenvalue weighted by Gasteiger charge is 2.51. The van der Waals surface area contributed by atoms with E-state index in [4.69, 9.17) is 0 Å². The van der Waals surface area contributed by atoms with Gasteiger partial charge < -0.3 is 10.6 Å². The Balaban J connectivity index is 1.66. The maximum atomic E-state index is 11.8. The Bertz CT molecular complexity index is 662. The van der Waals surface area contributed by atoms with Crippen molar-refractivity contribution in [1.29, 1.82) is 0 Å². The Hall–Kier alpha value is -1.92. The van der Waals surface area contributed by atoms with Crippen molar-refractivity contribution < 1.29 is 4.92 Å². The molecule has 136 valence electrons. The van der Waals surface area contributed by atoms with Gasteiger partial charge in [-0.2, -0.15) is 0 Å². The van der Waals surface area contributed by atoms with E-state index in [2.05, 4.69) is 20.6 Å². The smallest absolute Gasteiger partial charge is 0.353 e. The second-order valence-electron chi connectivity index (χ2n) is 9.37. The van der Waals surface area contributed by atoms with Gasteiger partial charge in [0.25, 0.3) is 0 Å². The van der Waals surface area contributed by atoms with Crippen molar-refractivity contribution in [3.8, 4) is 0 Å². The summed E-state index contributed by atoms with van der Waals surface area (Å²) in [6, 6.07) is 0. The van der Waals surface area contributed by atoms with Crippen LogP contribution in [0.25, 0.3) is 0 Å². The molecule has 7 heteroatoms. The van der Waals surface area contributed by atoms with Gasteiger partial charge in [0.2, 0.25) is 11.6 Å². The molecule has 1 heterocycles. The molecule has 1 aromatic rings. The van der Waals surface area contributed by atoms with Gasteiger partial charge in [0.05, 0.1) is 4.92 Å². The van der Waals surface area contributed by atoms with Crippen molar-refractivity contribution in [3.05, 3.63) is 16.4 Å². The molecule has 2 N–H and O–H groups in total. The number of rotatable bonds is 4. The van der Waals surface area contributed by atoms with Crippen LogP contribution in [-0.4, -0.2) is 26.0 Å². The van der Waals surface area contributed by atoms with Crippen molar-refractivity contribution in [2.75, 3.05) is 10.6 Å². The first-order valence-electron chi connectivity index (χ1n) is 9.29. The number of nitrogens with one attached hydrogen (secondary N) is 2. The van der Waals surface area contributed by atoms with E-state index >= 15 is 0 Å². The Morgan fingerprint density at radius 2 is 1.60 bits per heavy atom. The van der Waals surface area contributed by atoms with Gasteiger partial charge >= 0.3 is 5.69 Å². The van der Waals surface area contributed by atoms with E-state index in [1.54, 1.807) is 0 Å². The van der Waals surface area contributed by atoms with Crippen LogP contribution >= 0.6 is 0 Å². The van der Waals surface area contributed by atoms with Gasteiger partial charge in [-0.3, -0.25) is 10.1 Å². The number of nitrogens with zero attached hydrogens (tertiary/aromatic N) is 3. The van der Waals surface area contributed by atoms with E-state index in [9.17, 15) is 10.1 Å². The van der Waals surface area contributed by atoms with E-state index < -0.39 is 0 Å². The van der Waals surface area contributed by atoms with Gasteiger partial charge in [-0.25, -0.2) is 9.97 Å². The topological polar surface area (TPSA) is 93.0 Å².